The second-order valence-electron chi connectivity index (χ2n) is 4.05. The molecule has 0 atom stereocenters. The summed E-state index contributed by atoms with van der Waals surface area (Å²) in [6, 6.07) is 3.07. The average molecular weight is 239 g/mol. The third-order valence-corrected chi connectivity index (χ3v) is 2.81. The quantitative estimate of drug-likeness (QED) is 0.742. The molecule has 1 aromatic rings. The van der Waals surface area contributed by atoms with Crippen LogP contribution >= 0.6 is 0 Å². The first-order chi connectivity index (χ1) is 8.19. The Labute approximate surface area is 102 Å². The molecule has 0 saturated heterocycles. The van der Waals surface area contributed by atoms with Crippen LogP contribution in [0.2, 0.25) is 0 Å². The van der Waals surface area contributed by atoms with E-state index < -0.39 is 0 Å². The predicted octanol–water partition coefficient (Wildman–Crippen LogP) is 2.15. The molecule has 1 N–H and O–H groups in total. The van der Waals surface area contributed by atoms with Crippen molar-refractivity contribution < 1.29 is 9.84 Å². The number of hydrogen-bond acceptors (Lipinski definition) is 3. The lowest BCUT2D eigenvalue weighted by atomic mass is 10.2. The number of aromatic nitrogens is 1. The summed E-state index contributed by atoms with van der Waals surface area (Å²) in [5, 5.41) is 9.26. The van der Waals surface area contributed by atoms with E-state index >= 15 is 0 Å². The molecule has 96 valence electrons. The van der Waals surface area contributed by atoms with Crippen molar-refractivity contribution in [2.24, 2.45) is 0 Å². The van der Waals surface area contributed by atoms with Crippen LogP contribution in [0.4, 0.5) is 0 Å². The molecular formula is C13H21NO3. The van der Waals surface area contributed by atoms with Crippen molar-refractivity contribution in [3.63, 3.8) is 0 Å². The van der Waals surface area contributed by atoms with E-state index in [-0.39, 0.29) is 11.3 Å². The molecule has 4 nitrogen and oxygen atoms in total. The first kappa shape index (κ1) is 13.8. The third-order valence-electron chi connectivity index (χ3n) is 2.81. The van der Waals surface area contributed by atoms with Crippen LogP contribution in [0, 0.1) is 0 Å². The predicted molar refractivity (Wildman–Crippen MR) is 67.3 cm³/mol. The lowest BCUT2D eigenvalue weighted by Gasteiger charge is -2.13. The Morgan fingerprint density at radius 3 is 2.76 bits per heavy atom. The Balaban J connectivity index is 2.36. The van der Waals surface area contributed by atoms with Crippen LogP contribution in [-0.2, 0) is 11.3 Å². The normalized spacial score (nSPS) is 11.0. The van der Waals surface area contributed by atoms with Gasteiger partial charge in [-0.1, -0.05) is 13.8 Å². The Morgan fingerprint density at radius 2 is 2.12 bits per heavy atom. The zero-order valence-electron chi connectivity index (χ0n) is 10.6. The fourth-order valence-electron chi connectivity index (χ4n) is 1.71. The fourth-order valence-corrected chi connectivity index (χ4v) is 1.71. The molecule has 0 fully saturated rings. The molecule has 0 aromatic carbocycles. The van der Waals surface area contributed by atoms with E-state index in [1.54, 1.807) is 12.3 Å². The van der Waals surface area contributed by atoms with Crippen molar-refractivity contribution in [3.8, 4) is 5.75 Å². The molecule has 0 aliphatic rings. The Morgan fingerprint density at radius 1 is 1.41 bits per heavy atom. The molecule has 1 aromatic heterocycles. The zero-order chi connectivity index (χ0) is 12.7. The number of aromatic hydroxyl groups is 1. The van der Waals surface area contributed by atoms with Gasteiger partial charge in [-0.3, -0.25) is 4.79 Å². The van der Waals surface area contributed by atoms with Crippen LogP contribution < -0.4 is 5.56 Å². The molecule has 0 aliphatic carbocycles. The first-order valence-corrected chi connectivity index (χ1v) is 6.19. The van der Waals surface area contributed by atoms with Gasteiger partial charge in [0.2, 0.25) is 0 Å². The minimum atomic E-state index is -0.338. The molecule has 0 saturated carbocycles. The Hall–Kier alpha value is -1.29. The van der Waals surface area contributed by atoms with E-state index in [0.29, 0.717) is 19.3 Å². The van der Waals surface area contributed by atoms with Crippen LogP contribution in [0.1, 0.15) is 33.1 Å². The summed E-state index contributed by atoms with van der Waals surface area (Å²) in [5.74, 6) is -0.201. The Bertz CT molecular complexity index is 382. The van der Waals surface area contributed by atoms with E-state index in [2.05, 4.69) is 13.8 Å². The minimum absolute atomic E-state index is 0.201. The van der Waals surface area contributed by atoms with E-state index in [0.717, 1.165) is 19.3 Å². The van der Waals surface area contributed by atoms with E-state index in [1.165, 1.54) is 10.6 Å². The van der Waals surface area contributed by atoms with Gasteiger partial charge in [-0.15, -0.1) is 0 Å². The molecule has 0 radical (unpaired) electrons. The molecule has 1 rings (SSSR count). The largest absolute Gasteiger partial charge is 0.503 e. The monoisotopic (exact) mass is 239 g/mol. The number of rotatable bonds is 7. The molecule has 17 heavy (non-hydrogen) atoms. The number of ether oxygens (including phenoxy) is 1. The van der Waals surface area contributed by atoms with Crippen molar-refractivity contribution >= 4 is 0 Å². The molecule has 0 bridgehead atoms. The lowest BCUT2D eigenvalue weighted by Crippen LogP contribution is -2.20. The van der Waals surface area contributed by atoms with Gasteiger partial charge < -0.3 is 14.4 Å². The highest BCUT2D eigenvalue weighted by molar-refractivity contribution is 5.14. The summed E-state index contributed by atoms with van der Waals surface area (Å²) in [4.78, 5) is 11.5. The third kappa shape index (κ3) is 4.23. The van der Waals surface area contributed by atoms with Gasteiger partial charge in [0.25, 0.3) is 5.56 Å². The van der Waals surface area contributed by atoms with Gasteiger partial charge in [0.05, 0.1) is 6.10 Å². The zero-order valence-corrected chi connectivity index (χ0v) is 10.6. The molecule has 1 heterocycles. The van der Waals surface area contributed by atoms with Gasteiger partial charge in [0, 0.05) is 19.3 Å². The van der Waals surface area contributed by atoms with Crippen molar-refractivity contribution in [3.05, 3.63) is 28.7 Å². The molecule has 0 unspecified atom stereocenters. The number of pyridine rings is 1. The topological polar surface area (TPSA) is 51.5 Å². The molecule has 4 heteroatoms. The smallest absolute Gasteiger partial charge is 0.292 e. The summed E-state index contributed by atoms with van der Waals surface area (Å²) in [6.45, 7) is 5.43. The van der Waals surface area contributed by atoms with Crippen LogP contribution in [0.5, 0.6) is 5.75 Å². The van der Waals surface area contributed by atoms with Crippen molar-refractivity contribution in [1.29, 1.82) is 0 Å². The summed E-state index contributed by atoms with van der Waals surface area (Å²) in [6.07, 6.45) is 4.81. The van der Waals surface area contributed by atoms with E-state index in [1.807, 2.05) is 0 Å². The maximum atomic E-state index is 11.5. The van der Waals surface area contributed by atoms with Gasteiger partial charge >= 0.3 is 0 Å². The van der Waals surface area contributed by atoms with Crippen LogP contribution in [0.3, 0.4) is 0 Å². The highest BCUT2D eigenvalue weighted by atomic mass is 16.5. The average Bonchev–Trinajstić information content (AvgIpc) is 2.34. The van der Waals surface area contributed by atoms with Crippen molar-refractivity contribution in [2.45, 2.75) is 45.8 Å². The second-order valence-corrected chi connectivity index (χ2v) is 4.05. The standard InChI is InChI=1S/C13H21NO3/c1-3-11(4-2)17-10-6-9-14-8-5-7-12(15)13(14)16/h5,7-8,11,15H,3-4,6,9-10H2,1-2H3. The van der Waals surface area contributed by atoms with E-state index in [9.17, 15) is 9.90 Å². The van der Waals surface area contributed by atoms with Crippen LogP contribution in [0.15, 0.2) is 23.1 Å². The highest BCUT2D eigenvalue weighted by Gasteiger charge is 2.03. The van der Waals surface area contributed by atoms with E-state index in [4.69, 9.17) is 4.74 Å². The maximum Gasteiger partial charge on any atom is 0.292 e. The lowest BCUT2D eigenvalue weighted by molar-refractivity contribution is 0.0449. The highest BCUT2D eigenvalue weighted by Crippen LogP contribution is 2.04. The number of hydrogen-bond donors (Lipinski definition) is 1. The maximum absolute atomic E-state index is 11.5. The fraction of sp³-hybridized carbons (Fsp3) is 0.615. The Kier molecular flexibility index (Phi) is 5.77. The van der Waals surface area contributed by atoms with Gasteiger partial charge in [-0.2, -0.15) is 0 Å². The molecule has 0 amide bonds. The SMILES string of the molecule is CCC(CC)OCCCn1cccc(O)c1=O. The van der Waals surface area contributed by atoms with Crippen molar-refractivity contribution in [2.75, 3.05) is 6.61 Å². The summed E-state index contributed by atoms with van der Waals surface area (Å²) in [5.41, 5.74) is -0.338. The molecular weight excluding hydrogens is 218 g/mol. The molecule has 0 spiro atoms. The number of aryl methyl sites for hydroxylation is 1. The van der Waals surface area contributed by atoms with Crippen LogP contribution in [-0.4, -0.2) is 22.4 Å². The van der Waals surface area contributed by atoms with Gasteiger partial charge in [-0.05, 0) is 31.4 Å². The first-order valence-electron chi connectivity index (χ1n) is 6.19. The summed E-state index contributed by atoms with van der Waals surface area (Å²) in [7, 11) is 0. The summed E-state index contributed by atoms with van der Waals surface area (Å²) < 4.78 is 7.16. The van der Waals surface area contributed by atoms with Gasteiger partial charge in [0.15, 0.2) is 5.75 Å². The molecule has 0 aliphatic heterocycles. The summed E-state index contributed by atoms with van der Waals surface area (Å²) >= 11 is 0. The van der Waals surface area contributed by atoms with Gasteiger partial charge in [0.1, 0.15) is 0 Å². The second kappa shape index (κ2) is 7.12. The minimum Gasteiger partial charge on any atom is -0.503 e. The van der Waals surface area contributed by atoms with Crippen molar-refractivity contribution in [1.82, 2.24) is 4.57 Å². The number of nitrogens with zero attached hydrogens (tertiary/aromatic N) is 1. The van der Waals surface area contributed by atoms with Crippen LogP contribution in [0.25, 0.3) is 0 Å². The van der Waals surface area contributed by atoms with Gasteiger partial charge in [-0.25, -0.2) is 0 Å².